The second kappa shape index (κ2) is 9.40. The summed E-state index contributed by atoms with van der Waals surface area (Å²) in [5.41, 5.74) is 2.61. The molecule has 3 aromatic rings. The number of nitrogens with zero attached hydrogens (tertiary/aromatic N) is 1. The molecule has 0 spiro atoms. The van der Waals surface area contributed by atoms with Gasteiger partial charge in [-0.05, 0) is 52.5 Å². The van der Waals surface area contributed by atoms with Crippen LogP contribution in [0.4, 0.5) is 16.3 Å². The van der Waals surface area contributed by atoms with Gasteiger partial charge >= 0.3 is 6.09 Å². The lowest BCUT2D eigenvalue weighted by Crippen LogP contribution is -2.40. The number of ether oxygens (including phenoxy) is 1. The summed E-state index contributed by atoms with van der Waals surface area (Å²) in [7, 11) is 0. The summed E-state index contributed by atoms with van der Waals surface area (Å²) in [6, 6.07) is 14.6. The van der Waals surface area contributed by atoms with Gasteiger partial charge in [-0.3, -0.25) is 9.89 Å². The second-order valence-electron chi connectivity index (χ2n) is 6.96. The maximum Gasteiger partial charge on any atom is 0.414 e. The molecule has 0 radical (unpaired) electrons. The molecule has 0 bridgehead atoms. The van der Waals surface area contributed by atoms with Gasteiger partial charge in [-0.2, -0.15) is 0 Å². The Morgan fingerprint density at radius 3 is 2.77 bits per heavy atom. The number of benzene rings is 2. The lowest BCUT2D eigenvalue weighted by atomic mass is 10.1. The average molecular weight is 505 g/mol. The fourth-order valence-electron chi connectivity index (χ4n) is 3.27. The lowest BCUT2D eigenvalue weighted by Gasteiger charge is -2.16. The average Bonchev–Trinajstić information content (AvgIpc) is 2.97. The number of aromatic nitrogens is 2. The van der Waals surface area contributed by atoms with Crippen LogP contribution in [0, 0.1) is 0 Å². The molecule has 8 nitrogen and oxygen atoms in total. The number of amides is 2. The Morgan fingerprint density at radius 2 is 1.94 bits per heavy atom. The third-order valence-electron chi connectivity index (χ3n) is 4.86. The summed E-state index contributed by atoms with van der Waals surface area (Å²) < 4.78 is 5.63. The van der Waals surface area contributed by atoms with Crippen molar-refractivity contribution >= 4 is 51.0 Å². The number of hydrogen-bond acceptors (Lipinski definition) is 5. The fraction of sp³-hybridized carbons (Fsp3) is 0.190. The van der Waals surface area contributed by atoms with Gasteiger partial charge in [0.1, 0.15) is 10.3 Å². The molecule has 1 atom stereocenters. The number of fused-ring (bicyclic) bond motifs is 1. The largest absolute Gasteiger partial charge is 0.414 e. The number of rotatable bonds is 4. The monoisotopic (exact) mass is 503 g/mol. The van der Waals surface area contributed by atoms with Crippen LogP contribution in [-0.4, -0.2) is 34.8 Å². The zero-order valence-corrected chi connectivity index (χ0v) is 18.6. The zero-order chi connectivity index (χ0) is 21.8. The Bertz CT molecular complexity index is 1090. The minimum atomic E-state index is -0.631. The highest BCUT2D eigenvalue weighted by Gasteiger charge is 2.22. The van der Waals surface area contributed by atoms with Gasteiger partial charge in [0, 0.05) is 18.3 Å². The van der Waals surface area contributed by atoms with Crippen molar-refractivity contribution in [3.63, 3.8) is 0 Å². The standard InChI is InChI=1S/C21H19BrClN5O3/c22-17-18(26-19(29)14-6-2-3-7-15(14)23)27-28-20(17)31-21(30)25-13-10-9-12-5-1-4-8-16(12)24-11-13/h1-8,13,24H,9-11H2,(H,25,30)(H2,26,27,28,29). The van der Waals surface area contributed by atoms with Gasteiger partial charge in [0.15, 0.2) is 0 Å². The number of hydrogen-bond donors (Lipinski definition) is 4. The number of aryl methyl sites for hydroxylation is 1. The second-order valence-corrected chi connectivity index (χ2v) is 8.16. The van der Waals surface area contributed by atoms with Gasteiger partial charge < -0.3 is 20.7 Å². The highest BCUT2D eigenvalue weighted by Crippen LogP contribution is 2.30. The normalized spacial score (nSPS) is 15.2. The Hall–Kier alpha value is -3.04. The van der Waals surface area contributed by atoms with Crippen molar-refractivity contribution in [3.8, 4) is 5.88 Å². The first-order valence-electron chi connectivity index (χ1n) is 9.61. The Balaban J connectivity index is 1.35. The number of halogens is 2. The number of aromatic amines is 1. The van der Waals surface area contributed by atoms with Crippen LogP contribution in [-0.2, 0) is 6.42 Å². The number of carbonyl (C=O) groups excluding carboxylic acids is 2. The summed E-state index contributed by atoms with van der Waals surface area (Å²) in [4.78, 5) is 24.8. The number of anilines is 2. The maximum absolute atomic E-state index is 12.4. The Labute approximate surface area is 191 Å². The van der Waals surface area contributed by atoms with Gasteiger partial charge in [0.05, 0.1) is 10.6 Å². The van der Waals surface area contributed by atoms with Crippen molar-refractivity contribution in [1.29, 1.82) is 0 Å². The molecule has 1 aromatic heterocycles. The minimum absolute atomic E-state index is 0.0109. The molecular formula is C21H19BrClN5O3. The summed E-state index contributed by atoms with van der Waals surface area (Å²) in [6.07, 6.45) is 0.993. The van der Waals surface area contributed by atoms with Gasteiger partial charge in [-0.25, -0.2) is 4.79 Å². The summed E-state index contributed by atoms with van der Waals surface area (Å²) >= 11 is 9.35. The predicted octanol–water partition coefficient (Wildman–Crippen LogP) is 4.59. The van der Waals surface area contributed by atoms with Crippen molar-refractivity contribution in [2.75, 3.05) is 17.2 Å². The van der Waals surface area contributed by atoms with Crippen molar-refractivity contribution < 1.29 is 14.3 Å². The van der Waals surface area contributed by atoms with E-state index >= 15 is 0 Å². The molecule has 10 heteroatoms. The Morgan fingerprint density at radius 1 is 1.16 bits per heavy atom. The van der Waals surface area contributed by atoms with E-state index in [9.17, 15) is 9.59 Å². The van der Waals surface area contributed by atoms with Crippen LogP contribution in [0.5, 0.6) is 5.88 Å². The van der Waals surface area contributed by atoms with Crippen molar-refractivity contribution in [2.24, 2.45) is 0 Å². The Kier molecular flexibility index (Phi) is 6.43. The molecule has 4 N–H and O–H groups in total. The molecule has 31 heavy (non-hydrogen) atoms. The fourth-order valence-corrected chi connectivity index (χ4v) is 3.85. The van der Waals surface area contributed by atoms with E-state index in [2.05, 4.69) is 48.1 Å². The van der Waals surface area contributed by atoms with Crippen molar-refractivity contribution in [2.45, 2.75) is 18.9 Å². The summed E-state index contributed by atoms with van der Waals surface area (Å²) in [6.45, 7) is 0.590. The predicted molar refractivity (Wildman–Crippen MR) is 122 cm³/mol. The van der Waals surface area contributed by atoms with E-state index in [0.29, 0.717) is 21.6 Å². The van der Waals surface area contributed by atoms with Crippen molar-refractivity contribution in [1.82, 2.24) is 15.5 Å². The van der Waals surface area contributed by atoms with Crippen LogP contribution in [0.25, 0.3) is 0 Å². The SMILES string of the molecule is O=C(NC1CCc2ccccc2NC1)Oc1n[nH]c(NC(=O)c2ccccc2Cl)c1Br. The first-order chi connectivity index (χ1) is 15.0. The quantitative estimate of drug-likeness (QED) is 0.415. The third kappa shape index (κ3) is 5.00. The lowest BCUT2D eigenvalue weighted by molar-refractivity contribution is 0.102. The number of H-pyrrole nitrogens is 1. The van der Waals surface area contributed by atoms with Crippen LogP contribution < -0.4 is 20.7 Å². The molecule has 0 saturated heterocycles. The summed E-state index contributed by atoms with van der Waals surface area (Å²) in [5, 5.41) is 15.8. The van der Waals surface area contributed by atoms with Crippen LogP contribution in [0.1, 0.15) is 22.3 Å². The van der Waals surface area contributed by atoms with E-state index in [0.717, 1.165) is 18.5 Å². The molecule has 0 aliphatic carbocycles. The van der Waals surface area contributed by atoms with Crippen LogP contribution >= 0.6 is 27.5 Å². The van der Waals surface area contributed by atoms with Gasteiger partial charge in [-0.15, -0.1) is 5.10 Å². The highest BCUT2D eigenvalue weighted by atomic mass is 79.9. The summed E-state index contributed by atoms with van der Waals surface area (Å²) in [5.74, 6) is -0.161. The molecule has 0 fully saturated rings. The molecule has 1 aliphatic rings. The smallest absolute Gasteiger partial charge is 0.388 e. The minimum Gasteiger partial charge on any atom is -0.388 e. The van der Waals surface area contributed by atoms with Crippen LogP contribution in [0.3, 0.4) is 0 Å². The molecule has 160 valence electrons. The topological polar surface area (TPSA) is 108 Å². The van der Waals surface area contributed by atoms with E-state index in [1.807, 2.05) is 18.2 Å². The molecule has 2 amide bonds. The zero-order valence-electron chi connectivity index (χ0n) is 16.2. The molecule has 2 heterocycles. The first kappa shape index (κ1) is 21.2. The van der Waals surface area contributed by atoms with E-state index < -0.39 is 12.0 Å². The van der Waals surface area contributed by atoms with E-state index in [-0.39, 0.29) is 17.7 Å². The maximum atomic E-state index is 12.4. The van der Waals surface area contributed by atoms with Gasteiger partial charge in [0.25, 0.3) is 11.8 Å². The third-order valence-corrected chi connectivity index (χ3v) is 5.93. The molecule has 0 saturated carbocycles. The van der Waals surface area contributed by atoms with Crippen LogP contribution in [0.2, 0.25) is 5.02 Å². The molecule has 2 aromatic carbocycles. The number of nitrogens with one attached hydrogen (secondary N) is 4. The van der Waals surface area contributed by atoms with Crippen LogP contribution in [0.15, 0.2) is 53.0 Å². The number of para-hydroxylation sites is 1. The van der Waals surface area contributed by atoms with E-state index in [1.165, 1.54) is 5.56 Å². The molecule has 1 unspecified atom stereocenters. The number of carbonyl (C=O) groups is 2. The highest BCUT2D eigenvalue weighted by molar-refractivity contribution is 9.10. The van der Waals surface area contributed by atoms with Gasteiger partial charge in [0.2, 0.25) is 0 Å². The molecule has 1 aliphatic heterocycles. The van der Waals surface area contributed by atoms with Gasteiger partial charge in [-0.1, -0.05) is 41.9 Å². The molecule has 4 rings (SSSR count). The first-order valence-corrected chi connectivity index (χ1v) is 10.8. The van der Waals surface area contributed by atoms with E-state index in [4.69, 9.17) is 16.3 Å². The van der Waals surface area contributed by atoms with Crippen molar-refractivity contribution in [3.05, 3.63) is 69.2 Å². The van der Waals surface area contributed by atoms with E-state index in [1.54, 1.807) is 24.3 Å². The molecular weight excluding hydrogens is 486 g/mol.